The van der Waals surface area contributed by atoms with Crippen molar-refractivity contribution < 1.29 is 4.74 Å². The van der Waals surface area contributed by atoms with Gasteiger partial charge in [0.1, 0.15) is 5.75 Å². The van der Waals surface area contributed by atoms with Crippen molar-refractivity contribution in [3.8, 4) is 23.2 Å². The van der Waals surface area contributed by atoms with Gasteiger partial charge < -0.3 is 9.30 Å². The largest absolute Gasteiger partial charge is 0.496 e. The zero-order valence-electron chi connectivity index (χ0n) is 17.2. The number of para-hydroxylation sites is 1. The van der Waals surface area contributed by atoms with E-state index in [4.69, 9.17) is 10.00 Å². The number of aryl methyl sites for hydroxylation is 1. The summed E-state index contributed by atoms with van der Waals surface area (Å²) in [5.41, 5.74) is 3.93. The van der Waals surface area contributed by atoms with Crippen LogP contribution in [0.25, 0.3) is 11.4 Å². The molecule has 3 aromatic carbocycles. The molecule has 0 aliphatic rings. The van der Waals surface area contributed by atoms with E-state index in [1.807, 2.05) is 54.6 Å². The van der Waals surface area contributed by atoms with Crippen molar-refractivity contribution in [3.63, 3.8) is 0 Å². The van der Waals surface area contributed by atoms with Crippen molar-refractivity contribution in [1.29, 1.82) is 5.26 Å². The van der Waals surface area contributed by atoms with Crippen molar-refractivity contribution >= 4 is 11.8 Å². The van der Waals surface area contributed by atoms with Crippen LogP contribution in [0.5, 0.6) is 5.75 Å². The molecule has 1 heterocycles. The minimum absolute atomic E-state index is 0.665. The minimum atomic E-state index is 0.665. The number of nitriles is 1. The standard InChI is InChI=1S/C25H22N4OS/c1-30-23-13-6-5-12-22(23)24-27-28-25(29(24)15-14-19-8-3-2-4-9-19)31-18-21-11-7-10-20(16-21)17-26/h2-13,16H,14-15,18H2,1H3. The van der Waals surface area contributed by atoms with E-state index in [1.165, 1.54) is 5.56 Å². The summed E-state index contributed by atoms with van der Waals surface area (Å²) in [6.45, 7) is 0.755. The number of nitrogens with zero attached hydrogens (tertiary/aromatic N) is 4. The number of thioether (sulfide) groups is 1. The zero-order chi connectivity index (χ0) is 21.5. The van der Waals surface area contributed by atoms with Gasteiger partial charge in [0.2, 0.25) is 0 Å². The van der Waals surface area contributed by atoms with Gasteiger partial charge in [-0.05, 0) is 41.8 Å². The molecule has 4 rings (SSSR count). The first-order valence-electron chi connectivity index (χ1n) is 10.0. The van der Waals surface area contributed by atoms with Gasteiger partial charge in [-0.3, -0.25) is 0 Å². The molecule has 0 saturated carbocycles. The molecule has 154 valence electrons. The van der Waals surface area contributed by atoms with Crippen LogP contribution in [0.15, 0.2) is 84.0 Å². The lowest BCUT2D eigenvalue weighted by Crippen LogP contribution is -2.06. The van der Waals surface area contributed by atoms with Gasteiger partial charge in [0.25, 0.3) is 0 Å². The smallest absolute Gasteiger partial charge is 0.191 e. The third-order valence-electron chi connectivity index (χ3n) is 4.96. The Balaban J connectivity index is 1.64. The molecule has 6 heteroatoms. The second-order valence-electron chi connectivity index (χ2n) is 6.99. The van der Waals surface area contributed by atoms with Gasteiger partial charge in [0, 0.05) is 12.3 Å². The Kier molecular flexibility index (Phi) is 6.65. The predicted molar refractivity (Wildman–Crippen MR) is 123 cm³/mol. The third-order valence-corrected chi connectivity index (χ3v) is 5.99. The van der Waals surface area contributed by atoms with E-state index in [-0.39, 0.29) is 0 Å². The Bertz CT molecular complexity index is 1200. The van der Waals surface area contributed by atoms with Gasteiger partial charge in [0.05, 0.1) is 24.3 Å². The van der Waals surface area contributed by atoms with Crippen LogP contribution in [-0.4, -0.2) is 21.9 Å². The highest BCUT2D eigenvalue weighted by Crippen LogP contribution is 2.32. The van der Waals surface area contributed by atoms with E-state index in [0.717, 1.165) is 40.8 Å². The van der Waals surface area contributed by atoms with Crippen LogP contribution in [-0.2, 0) is 18.7 Å². The fourth-order valence-corrected chi connectivity index (χ4v) is 4.30. The molecule has 0 radical (unpaired) electrons. The monoisotopic (exact) mass is 426 g/mol. The first-order valence-corrected chi connectivity index (χ1v) is 11.0. The summed E-state index contributed by atoms with van der Waals surface area (Å²) in [6.07, 6.45) is 0.874. The van der Waals surface area contributed by atoms with E-state index >= 15 is 0 Å². The first-order chi connectivity index (χ1) is 15.3. The molecule has 0 spiro atoms. The molecule has 0 aliphatic heterocycles. The molecule has 5 nitrogen and oxygen atoms in total. The topological polar surface area (TPSA) is 63.7 Å². The highest BCUT2D eigenvalue weighted by Gasteiger charge is 2.17. The van der Waals surface area contributed by atoms with Crippen LogP contribution < -0.4 is 4.74 Å². The lowest BCUT2D eigenvalue weighted by molar-refractivity contribution is 0.415. The van der Waals surface area contributed by atoms with Gasteiger partial charge in [-0.1, -0.05) is 66.4 Å². The summed E-state index contributed by atoms with van der Waals surface area (Å²) >= 11 is 1.62. The third kappa shape index (κ3) is 4.96. The molecule has 0 saturated heterocycles. The van der Waals surface area contributed by atoms with Crippen LogP contribution in [0.2, 0.25) is 0 Å². The van der Waals surface area contributed by atoms with E-state index in [9.17, 15) is 0 Å². The minimum Gasteiger partial charge on any atom is -0.496 e. The molecular weight excluding hydrogens is 404 g/mol. The van der Waals surface area contributed by atoms with E-state index in [2.05, 4.69) is 45.1 Å². The maximum absolute atomic E-state index is 9.15. The first kappa shape index (κ1) is 20.7. The molecule has 0 bridgehead atoms. The van der Waals surface area contributed by atoms with Gasteiger partial charge in [-0.25, -0.2) is 0 Å². The number of ether oxygens (including phenoxy) is 1. The van der Waals surface area contributed by atoms with Gasteiger partial charge in [-0.2, -0.15) is 5.26 Å². The van der Waals surface area contributed by atoms with Crippen molar-refractivity contribution in [2.45, 2.75) is 23.9 Å². The number of methoxy groups -OCH3 is 1. The fraction of sp³-hybridized carbons (Fsp3) is 0.160. The maximum atomic E-state index is 9.15. The SMILES string of the molecule is COc1ccccc1-c1nnc(SCc2cccc(C#N)c2)n1CCc1ccccc1. The summed E-state index contributed by atoms with van der Waals surface area (Å²) in [4.78, 5) is 0. The second kappa shape index (κ2) is 9.96. The molecule has 4 aromatic rings. The molecule has 0 N–H and O–H groups in total. The number of rotatable bonds is 8. The molecule has 0 amide bonds. The van der Waals surface area contributed by atoms with Crippen LogP contribution in [0, 0.1) is 11.3 Å². The van der Waals surface area contributed by atoms with Crippen LogP contribution in [0.1, 0.15) is 16.7 Å². The van der Waals surface area contributed by atoms with E-state index in [1.54, 1.807) is 18.9 Å². The predicted octanol–water partition coefficient (Wildman–Crippen LogP) is 5.36. The van der Waals surface area contributed by atoms with E-state index in [0.29, 0.717) is 11.3 Å². The molecule has 31 heavy (non-hydrogen) atoms. The van der Waals surface area contributed by atoms with E-state index < -0.39 is 0 Å². The molecule has 1 aromatic heterocycles. The molecule has 0 atom stereocenters. The average molecular weight is 427 g/mol. The quantitative estimate of drug-likeness (QED) is 0.355. The van der Waals surface area contributed by atoms with Crippen molar-refractivity contribution in [2.75, 3.05) is 7.11 Å². The Morgan fingerprint density at radius 2 is 1.71 bits per heavy atom. The van der Waals surface area contributed by atoms with Crippen LogP contribution in [0.4, 0.5) is 0 Å². The highest BCUT2D eigenvalue weighted by atomic mass is 32.2. The summed E-state index contributed by atoms with van der Waals surface area (Å²) in [5, 5.41) is 19.0. The van der Waals surface area contributed by atoms with Gasteiger partial charge in [0.15, 0.2) is 11.0 Å². The number of hydrogen-bond donors (Lipinski definition) is 0. The average Bonchev–Trinajstić information content (AvgIpc) is 3.24. The lowest BCUT2D eigenvalue weighted by atomic mass is 10.1. The Morgan fingerprint density at radius 3 is 2.52 bits per heavy atom. The summed E-state index contributed by atoms with van der Waals surface area (Å²) in [5.74, 6) is 2.28. The Morgan fingerprint density at radius 1 is 0.935 bits per heavy atom. The number of hydrogen-bond acceptors (Lipinski definition) is 5. The van der Waals surface area contributed by atoms with Crippen LogP contribution >= 0.6 is 11.8 Å². The normalized spacial score (nSPS) is 10.6. The maximum Gasteiger partial charge on any atom is 0.191 e. The molecular formula is C25H22N4OS. The van der Waals surface area contributed by atoms with Crippen LogP contribution in [0.3, 0.4) is 0 Å². The molecule has 0 unspecified atom stereocenters. The zero-order valence-corrected chi connectivity index (χ0v) is 18.0. The second-order valence-corrected chi connectivity index (χ2v) is 7.94. The Labute approximate surface area is 186 Å². The fourth-order valence-electron chi connectivity index (χ4n) is 3.39. The molecule has 0 aliphatic carbocycles. The molecule has 0 fully saturated rings. The van der Waals surface area contributed by atoms with Gasteiger partial charge >= 0.3 is 0 Å². The summed E-state index contributed by atoms with van der Waals surface area (Å²) in [6, 6.07) is 28.1. The lowest BCUT2D eigenvalue weighted by Gasteiger charge is -2.12. The van der Waals surface area contributed by atoms with Gasteiger partial charge in [-0.15, -0.1) is 10.2 Å². The van der Waals surface area contributed by atoms with Crippen molar-refractivity contribution in [1.82, 2.24) is 14.8 Å². The Hall–Kier alpha value is -3.56. The summed E-state index contributed by atoms with van der Waals surface area (Å²) in [7, 11) is 1.67. The highest BCUT2D eigenvalue weighted by molar-refractivity contribution is 7.98. The van der Waals surface area contributed by atoms with Crippen molar-refractivity contribution in [2.24, 2.45) is 0 Å². The van der Waals surface area contributed by atoms with Crippen molar-refractivity contribution in [3.05, 3.63) is 95.6 Å². The number of benzene rings is 3. The number of aromatic nitrogens is 3. The summed E-state index contributed by atoms with van der Waals surface area (Å²) < 4.78 is 7.72.